The molecule has 1 fully saturated rings. The Hall–Kier alpha value is -2.41. The molecule has 0 radical (unpaired) electrons. The molecule has 4 heterocycles. The highest BCUT2D eigenvalue weighted by Gasteiger charge is 2.33. The van der Waals surface area contributed by atoms with Gasteiger partial charge in [0.2, 0.25) is 0 Å². The number of anilines is 1. The fourth-order valence-corrected chi connectivity index (χ4v) is 4.23. The second-order valence-corrected chi connectivity index (χ2v) is 7.42. The maximum atomic E-state index is 12.7. The number of likely N-dealkylation sites (tertiary alicyclic amines) is 1. The highest BCUT2D eigenvalue weighted by Crippen LogP contribution is 2.29. The number of fused-ring (bicyclic) bond motifs is 1. The van der Waals surface area contributed by atoms with Gasteiger partial charge < -0.3 is 14.8 Å². The predicted octanol–water partition coefficient (Wildman–Crippen LogP) is 3.01. The first-order valence-corrected chi connectivity index (χ1v) is 9.42. The van der Waals surface area contributed by atoms with Crippen LogP contribution in [0.5, 0.6) is 0 Å². The first-order valence-electron chi connectivity index (χ1n) is 8.47. The average molecular weight is 355 g/mol. The Balaban J connectivity index is 1.59. The molecule has 6 nitrogen and oxygen atoms in total. The number of nitrogens with zero attached hydrogens (tertiary/aromatic N) is 4. The molecule has 0 aliphatic carbocycles. The maximum absolute atomic E-state index is 12.7. The fourth-order valence-electron chi connectivity index (χ4n) is 3.60. The van der Waals surface area contributed by atoms with E-state index < -0.39 is 0 Å². The number of H-pyrrole nitrogens is 1. The lowest BCUT2D eigenvalue weighted by Crippen LogP contribution is -2.52. The second kappa shape index (κ2) is 6.48. The third kappa shape index (κ3) is 2.89. The van der Waals surface area contributed by atoms with E-state index in [1.165, 1.54) is 0 Å². The molecule has 0 spiro atoms. The number of thiophene rings is 1. The van der Waals surface area contributed by atoms with Gasteiger partial charge in [-0.25, -0.2) is 9.97 Å². The van der Waals surface area contributed by atoms with Crippen molar-refractivity contribution in [1.29, 1.82) is 0 Å². The summed E-state index contributed by atoms with van der Waals surface area (Å²) in [4.78, 5) is 28.8. The molecule has 1 N–H and O–H groups in total. The summed E-state index contributed by atoms with van der Waals surface area (Å²) in [7, 11) is 2.06. The van der Waals surface area contributed by atoms with Gasteiger partial charge in [-0.3, -0.25) is 4.79 Å². The van der Waals surface area contributed by atoms with E-state index in [4.69, 9.17) is 0 Å². The number of aromatic amines is 1. The molecule has 0 aromatic carbocycles. The van der Waals surface area contributed by atoms with Gasteiger partial charge in [-0.1, -0.05) is 6.92 Å². The van der Waals surface area contributed by atoms with Gasteiger partial charge in [0.05, 0.1) is 17.0 Å². The molecule has 1 aliphatic rings. The minimum absolute atomic E-state index is 0.126. The van der Waals surface area contributed by atoms with Gasteiger partial charge in [0.25, 0.3) is 5.91 Å². The standard InChI is InChI=1S/C18H21N5OS/c1-12-4-7-23(18(24)13-5-8-25-10-13)9-15(12)22(2)17-14-3-6-19-16(14)20-11-21-17/h3,5-6,8,10-12,15H,4,7,9H2,1-2H3,(H,19,20,21)/t12-,15-/m1/s1. The van der Waals surface area contributed by atoms with Crippen molar-refractivity contribution < 1.29 is 4.79 Å². The van der Waals surface area contributed by atoms with E-state index in [9.17, 15) is 4.79 Å². The Morgan fingerprint density at radius 3 is 3.08 bits per heavy atom. The Labute approximate surface area is 150 Å². The Morgan fingerprint density at radius 1 is 1.40 bits per heavy atom. The third-order valence-electron chi connectivity index (χ3n) is 5.14. The number of piperidine rings is 1. The SMILES string of the molecule is C[C@@H]1CCN(C(=O)c2ccsc2)C[C@H]1N(C)c1ncnc2[nH]ccc12. The van der Waals surface area contributed by atoms with Crippen LogP contribution in [0.15, 0.2) is 35.4 Å². The first kappa shape index (κ1) is 16.1. The Bertz CT molecular complexity index is 875. The molecule has 3 aromatic rings. The van der Waals surface area contributed by atoms with Crippen LogP contribution in [-0.2, 0) is 0 Å². The van der Waals surface area contributed by atoms with Crippen molar-refractivity contribution in [2.24, 2.45) is 5.92 Å². The minimum Gasteiger partial charge on any atom is -0.354 e. The van der Waals surface area contributed by atoms with E-state index in [0.29, 0.717) is 12.5 Å². The lowest BCUT2D eigenvalue weighted by atomic mass is 9.92. The molecule has 0 saturated carbocycles. The van der Waals surface area contributed by atoms with Crippen molar-refractivity contribution in [3.05, 3.63) is 41.0 Å². The van der Waals surface area contributed by atoms with E-state index in [1.807, 2.05) is 34.0 Å². The molecule has 3 aromatic heterocycles. The van der Waals surface area contributed by atoms with Crippen LogP contribution in [-0.4, -0.2) is 51.9 Å². The van der Waals surface area contributed by atoms with E-state index >= 15 is 0 Å². The first-order chi connectivity index (χ1) is 12.1. The number of hydrogen-bond donors (Lipinski definition) is 1. The zero-order valence-corrected chi connectivity index (χ0v) is 15.2. The van der Waals surface area contributed by atoms with Crippen LogP contribution in [0.1, 0.15) is 23.7 Å². The lowest BCUT2D eigenvalue weighted by molar-refractivity contribution is 0.0670. The molecule has 4 rings (SSSR count). The summed E-state index contributed by atoms with van der Waals surface area (Å²) in [5.41, 5.74) is 1.63. The molecular formula is C18H21N5OS. The average Bonchev–Trinajstić information content (AvgIpc) is 3.32. The largest absolute Gasteiger partial charge is 0.354 e. The van der Waals surface area contributed by atoms with Crippen molar-refractivity contribution in [3.63, 3.8) is 0 Å². The van der Waals surface area contributed by atoms with Gasteiger partial charge in [-0.05, 0) is 29.9 Å². The molecule has 25 heavy (non-hydrogen) atoms. The van der Waals surface area contributed by atoms with E-state index in [1.54, 1.807) is 17.7 Å². The molecular weight excluding hydrogens is 334 g/mol. The highest BCUT2D eigenvalue weighted by atomic mass is 32.1. The number of carbonyl (C=O) groups is 1. The summed E-state index contributed by atoms with van der Waals surface area (Å²) in [5, 5.41) is 4.89. The zero-order chi connectivity index (χ0) is 17.4. The lowest BCUT2D eigenvalue weighted by Gasteiger charge is -2.42. The van der Waals surface area contributed by atoms with E-state index in [-0.39, 0.29) is 11.9 Å². The molecule has 130 valence electrons. The van der Waals surface area contributed by atoms with Crippen LogP contribution in [0.3, 0.4) is 0 Å². The normalized spacial score (nSPS) is 20.8. The number of nitrogens with one attached hydrogen (secondary N) is 1. The van der Waals surface area contributed by atoms with Gasteiger partial charge in [0, 0.05) is 31.7 Å². The smallest absolute Gasteiger partial charge is 0.254 e. The van der Waals surface area contributed by atoms with Crippen LogP contribution in [0, 0.1) is 5.92 Å². The van der Waals surface area contributed by atoms with Crippen LogP contribution < -0.4 is 4.90 Å². The highest BCUT2D eigenvalue weighted by molar-refractivity contribution is 7.08. The molecule has 1 saturated heterocycles. The number of rotatable bonds is 3. The van der Waals surface area contributed by atoms with Crippen LogP contribution in [0.4, 0.5) is 5.82 Å². The topological polar surface area (TPSA) is 65.1 Å². The van der Waals surface area contributed by atoms with E-state index in [0.717, 1.165) is 35.4 Å². The van der Waals surface area contributed by atoms with Gasteiger partial charge in [-0.2, -0.15) is 11.3 Å². The quantitative estimate of drug-likeness (QED) is 0.784. The molecule has 7 heteroatoms. The summed E-state index contributed by atoms with van der Waals surface area (Å²) < 4.78 is 0. The molecule has 1 amide bonds. The summed E-state index contributed by atoms with van der Waals surface area (Å²) >= 11 is 1.56. The fraction of sp³-hybridized carbons (Fsp3) is 0.389. The number of carbonyl (C=O) groups excluding carboxylic acids is 1. The minimum atomic E-state index is 0.126. The van der Waals surface area contributed by atoms with Gasteiger partial charge >= 0.3 is 0 Å². The zero-order valence-electron chi connectivity index (χ0n) is 14.3. The van der Waals surface area contributed by atoms with E-state index in [2.05, 4.69) is 33.8 Å². The predicted molar refractivity (Wildman–Crippen MR) is 100 cm³/mol. The van der Waals surface area contributed by atoms with Crippen LogP contribution >= 0.6 is 11.3 Å². The molecule has 0 bridgehead atoms. The Morgan fingerprint density at radius 2 is 2.28 bits per heavy atom. The third-order valence-corrected chi connectivity index (χ3v) is 5.82. The van der Waals surface area contributed by atoms with Gasteiger partial charge in [-0.15, -0.1) is 0 Å². The van der Waals surface area contributed by atoms with Gasteiger partial charge in [0.15, 0.2) is 0 Å². The van der Waals surface area contributed by atoms with Crippen molar-refractivity contribution in [2.75, 3.05) is 25.0 Å². The molecule has 0 unspecified atom stereocenters. The van der Waals surface area contributed by atoms with Crippen molar-refractivity contribution in [3.8, 4) is 0 Å². The van der Waals surface area contributed by atoms with Crippen molar-refractivity contribution in [2.45, 2.75) is 19.4 Å². The van der Waals surface area contributed by atoms with Crippen LogP contribution in [0.25, 0.3) is 11.0 Å². The monoisotopic (exact) mass is 355 g/mol. The number of amides is 1. The summed E-state index contributed by atoms with van der Waals surface area (Å²) in [6.07, 6.45) is 4.46. The van der Waals surface area contributed by atoms with Gasteiger partial charge in [0.1, 0.15) is 17.8 Å². The Kier molecular flexibility index (Phi) is 4.17. The van der Waals surface area contributed by atoms with Crippen molar-refractivity contribution >= 4 is 34.1 Å². The second-order valence-electron chi connectivity index (χ2n) is 6.64. The molecule has 2 atom stereocenters. The number of aromatic nitrogens is 3. The maximum Gasteiger partial charge on any atom is 0.254 e. The summed E-state index contributed by atoms with van der Waals surface area (Å²) in [6, 6.07) is 4.13. The van der Waals surface area contributed by atoms with Crippen molar-refractivity contribution in [1.82, 2.24) is 19.9 Å². The van der Waals surface area contributed by atoms with Crippen LogP contribution in [0.2, 0.25) is 0 Å². The summed E-state index contributed by atoms with van der Waals surface area (Å²) in [5.74, 6) is 1.52. The number of likely N-dealkylation sites (N-methyl/N-ethyl adjacent to an activating group) is 1. The molecule has 1 aliphatic heterocycles. The number of hydrogen-bond acceptors (Lipinski definition) is 5. The summed E-state index contributed by atoms with van der Waals surface area (Å²) in [6.45, 7) is 3.77.